The van der Waals surface area contributed by atoms with E-state index in [1.54, 1.807) is 7.11 Å². The van der Waals surface area contributed by atoms with E-state index in [0.717, 1.165) is 48.3 Å². The van der Waals surface area contributed by atoms with Crippen LogP contribution in [0.1, 0.15) is 58.3 Å². The van der Waals surface area contributed by atoms with Gasteiger partial charge in [0.05, 0.1) is 32.5 Å². The van der Waals surface area contributed by atoms with Gasteiger partial charge in [-0.05, 0) is 50.2 Å². The van der Waals surface area contributed by atoms with Gasteiger partial charge >= 0.3 is 0 Å². The maximum Gasteiger partial charge on any atom is 0.127 e. The molecule has 0 N–H and O–H groups in total. The molecule has 2 saturated heterocycles. The van der Waals surface area contributed by atoms with E-state index >= 15 is 0 Å². The summed E-state index contributed by atoms with van der Waals surface area (Å²) in [6.07, 6.45) is 14.9. The summed E-state index contributed by atoms with van der Waals surface area (Å²) in [7, 11) is 1.71. The third-order valence-corrected chi connectivity index (χ3v) is 7.22. The maximum atomic E-state index is 6.24. The number of unbranched alkanes of at least 4 members (excludes halogenated alkanes) is 3. The smallest absolute Gasteiger partial charge is 0.127 e. The number of ether oxygens (including phenoxy) is 4. The van der Waals surface area contributed by atoms with Crippen LogP contribution in [0.3, 0.4) is 0 Å². The average molecular weight is 453 g/mol. The van der Waals surface area contributed by atoms with Crippen LogP contribution in [0.15, 0.2) is 48.6 Å². The first-order valence-corrected chi connectivity index (χ1v) is 12.9. The Kier molecular flexibility index (Phi) is 9.08. The van der Waals surface area contributed by atoms with Crippen molar-refractivity contribution in [1.82, 2.24) is 0 Å². The van der Waals surface area contributed by atoms with Crippen molar-refractivity contribution in [3.05, 3.63) is 48.6 Å². The summed E-state index contributed by atoms with van der Waals surface area (Å²) in [6.45, 7) is 4.68. The van der Waals surface area contributed by atoms with Gasteiger partial charge in [0, 0.05) is 23.3 Å². The van der Waals surface area contributed by atoms with Gasteiger partial charge in [-0.2, -0.15) is 0 Å². The fraction of sp³-hybridized carbons (Fsp3) is 0.586. The van der Waals surface area contributed by atoms with Crippen molar-refractivity contribution in [1.29, 1.82) is 0 Å². The van der Waals surface area contributed by atoms with Crippen LogP contribution in [0.4, 0.5) is 0 Å². The van der Waals surface area contributed by atoms with E-state index in [-0.39, 0.29) is 0 Å². The van der Waals surface area contributed by atoms with E-state index in [1.165, 1.54) is 38.5 Å². The summed E-state index contributed by atoms with van der Waals surface area (Å²) in [5, 5.41) is 2.18. The van der Waals surface area contributed by atoms with Crippen molar-refractivity contribution in [2.24, 2.45) is 11.8 Å². The van der Waals surface area contributed by atoms with Gasteiger partial charge < -0.3 is 18.9 Å². The average Bonchev–Trinajstić information content (AvgIpc) is 3.45. The highest BCUT2D eigenvalue weighted by molar-refractivity contribution is 5.93. The van der Waals surface area contributed by atoms with Crippen LogP contribution >= 0.6 is 0 Å². The molecule has 4 atom stereocenters. The number of benzene rings is 2. The standard InChI is InChI=1S/C29H40O4/c1-3-4-5-10-19-31-21-25-24(28-17-18-29(25)33-28)12-7-6-11-20-32-27-16-15-26(30-2)22-13-8-9-14-23(22)27/h6-9,13-16,24-25,28-29H,3-5,10-12,17-21H2,1-2H3/t24-,25+,28-,29+/m1/s1. The van der Waals surface area contributed by atoms with Crippen LogP contribution in [-0.2, 0) is 9.47 Å². The molecule has 4 nitrogen and oxygen atoms in total. The first-order chi connectivity index (χ1) is 16.3. The third kappa shape index (κ3) is 6.10. The topological polar surface area (TPSA) is 36.9 Å². The quantitative estimate of drug-likeness (QED) is 0.229. The molecule has 0 saturated carbocycles. The molecule has 4 rings (SSSR count). The van der Waals surface area contributed by atoms with Crippen molar-refractivity contribution in [2.75, 3.05) is 26.9 Å². The predicted molar refractivity (Wildman–Crippen MR) is 134 cm³/mol. The Morgan fingerprint density at radius 2 is 1.64 bits per heavy atom. The van der Waals surface area contributed by atoms with Crippen LogP contribution in [-0.4, -0.2) is 39.1 Å². The van der Waals surface area contributed by atoms with E-state index in [0.29, 0.717) is 30.7 Å². The zero-order valence-corrected chi connectivity index (χ0v) is 20.3. The molecule has 0 radical (unpaired) electrons. The molecule has 2 aliphatic heterocycles. The molecule has 4 heteroatoms. The Hall–Kier alpha value is -2.04. The summed E-state index contributed by atoms with van der Waals surface area (Å²) in [5.74, 6) is 2.95. The van der Waals surface area contributed by atoms with Gasteiger partial charge in [0.15, 0.2) is 0 Å². The highest BCUT2D eigenvalue weighted by atomic mass is 16.5. The van der Waals surface area contributed by atoms with Crippen LogP contribution in [0, 0.1) is 11.8 Å². The Morgan fingerprint density at radius 1 is 0.879 bits per heavy atom. The van der Waals surface area contributed by atoms with Gasteiger partial charge in [0.1, 0.15) is 11.5 Å². The molecule has 0 amide bonds. The van der Waals surface area contributed by atoms with Crippen LogP contribution in [0.25, 0.3) is 10.8 Å². The molecular weight excluding hydrogens is 412 g/mol. The number of rotatable bonds is 14. The number of hydrogen-bond acceptors (Lipinski definition) is 4. The minimum atomic E-state index is 0.413. The molecule has 0 aromatic heterocycles. The fourth-order valence-corrected chi connectivity index (χ4v) is 5.43. The molecule has 2 aromatic carbocycles. The molecule has 0 unspecified atom stereocenters. The molecule has 33 heavy (non-hydrogen) atoms. The Labute approximate surface area is 199 Å². The zero-order chi connectivity index (χ0) is 22.9. The lowest BCUT2D eigenvalue weighted by atomic mass is 9.78. The minimum absolute atomic E-state index is 0.413. The van der Waals surface area contributed by atoms with E-state index in [9.17, 15) is 0 Å². The number of methoxy groups -OCH3 is 1. The van der Waals surface area contributed by atoms with Gasteiger partial charge in [0.25, 0.3) is 0 Å². The van der Waals surface area contributed by atoms with Crippen LogP contribution in [0.2, 0.25) is 0 Å². The van der Waals surface area contributed by atoms with Crippen molar-refractivity contribution < 1.29 is 18.9 Å². The monoisotopic (exact) mass is 452 g/mol. The van der Waals surface area contributed by atoms with Crippen molar-refractivity contribution in [3.63, 3.8) is 0 Å². The first kappa shape index (κ1) is 24.1. The summed E-state index contributed by atoms with van der Waals surface area (Å²) < 4.78 is 23.9. The summed E-state index contributed by atoms with van der Waals surface area (Å²) in [6, 6.07) is 12.2. The second kappa shape index (κ2) is 12.4. The molecule has 0 spiro atoms. The summed E-state index contributed by atoms with van der Waals surface area (Å²) in [4.78, 5) is 0. The minimum Gasteiger partial charge on any atom is -0.496 e. The largest absolute Gasteiger partial charge is 0.496 e. The Balaban J connectivity index is 1.21. The molecule has 2 heterocycles. The maximum absolute atomic E-state index is 6.24. The summed E-state index contributed by atoms with van der Waals surface area (Å²) in [5.41, 5.74) is 0. The molecule has 2 aromatic rings. The SMILES string of the molecule is CCCCCCOC[C@H]1[C@@H](CC=CCCOc2ccc(OC)c3ccccc23)[C@H]2CC[C@@H]1O2. The van der Waals surface area contributed by atoms with Crippen molar-refractivity contribution in [3.8, 4) is 11.5 Å². The predicted octanol–water partition coefficient (Wildman–Crippen LogP) is 6.95. The molecule has 0 aliphatic carbocycles. The molecule has 2 bridgehead atoms. The lowest BCUT2D eigenvalue weighted by Crippen LogP contribution is -2.30. The van der Waals surface area contributed by atoms with E-state index in [1.807, 2.05) is 24.3 Å². The lowest BCUT2D eigenvalue weighted by molar-refractivity contribution is 0.0478. The first-order valence-electron chi connectivity index (χ1n) is 12.9. The van der Waals surface area contributed by atoms with Crippen molar-refractivity contribution >= 4 is 10.8 Å². The highest BCUT2D eigenvalue weighted by Gasteiger charge is 2.48. The van der Waals surface area contributed by atoms with Crippen LogP contribution < -0.4 is 9.47 Å². The Bertz CT molecular complexity index is 892. The molecule has 2 fully saturated rings. The highest BCUT2D eigenvalue weighted by Crippen LogP contribution is 2.45. The van der Waals surface area contributed by atoms with Gasteiger partial charge in [-0.1, -0.05) is 62.6 Å². The third-order valence-electron chi connectivity index (χ3n) is 7.22. The second-order valence-electron chi connectivity index (χ2n) is 9.41. The van der Waals surface area contributed by atoms with Crippen molar-refractivity contribution in [2.45, 2.75) is 70.5 Å². The lowest BCUT2D eigenvalue weighted by Gasteiger charge is -2.27. The number of hydrogen-bond donors (Lipinski definition) is 0. The van der Waals surface area contributed by atoms with Gasteiger partial charge in [-0.25, -0.2) is 0 Å². The van der Waals surface area contributed by atoms with Gasteiger partial charge in [-0.15, -0.1) is 0 Å². The van der Waals surface area contributed by atoms with E-state index < -0.39 is 0 Å². The summed E-state index contributed by atoms with van der Waals surface area (Å²) >= 11 is 0. The van der Waals surface area contributed by atoms with Gasteiger partial charge in [0.2, 0.25) is 0 Å². The van der Waals surface area contributed by atoms with E-state index in [4.69, 9.17) is 18.9 Å². The molecule has 180 valence electrons. The Morgan fingerprint density at radius 3 is 2.42 bits per heavy atom. The molecular formula is C29H40O4. The second-order valence-corrected chi connectivity index (χ2v) is 9.41. The fourth-order valence-electron chi connectivity index (χ4n) is 5.43. The van der Waals surface area contributed by atoms with E-state index in [2.05, 4.69) is 31.2 Å². The molecule has 2 aliphatic rings. The van der Waals surface area contributed by atoms with Gasteiger partial charge in [-0.3, -0.25) is 0 Å². The zero-order valence-electron chi connectivity index (χ0n) is 20.3. The number of fused-ring (bicyclic) bond motifs is 3. The number of allylic oxidation sites excluding steroid dienone is 1. The van der Waals surface area contributed by atoms with Crippen LogP contribution in [0.5, 0.6) is 11.5 Å². The normalized spacial score (nSPS) is 24.2.